The third-order valence-electron chi connectivity index (χ3n) is 4.85. The van der Waals surface area contributed by atoms with Crippen molar-refractivity contribution in [2.75, 3.05) is 26.7 Å². The smallest absolute Gasteiger partial charge is 0.191 e. The molecular weight excluding hydrogens is 474 g/mol. The van der Waals surface area contributed by atoms with Crippen LogP contribution in [0.15, 0.2) is 46.8 Å². The number of rotatable bonds is 6. The van der Waals surface area contributed by atoms with E-state index in [1.807, 2.05) is 12.1 Å². The van der Waals surface area contributed by atoms with Crippen LogP contribution >= 0.6 is 35.3 Å². The number of piperidine rings is 1. The van der Waals surface area contributed by atoms with Crippen LogP contribution in [0.4, 0.5) is 4.39 Å². The van der Waals surface area contributed by atoms with Gasteiger partial charge in [-0.1, -0.05) is 24.3 Å². The van der Waals surface area contributed by atoms with E-state index in [0.717, 1.165) is 50.5 Å². The molecule has 1 aliphatic heterocycles. The molecule has 3 rings (SSSR count). The van der Waals surface area contributed by atoms with Gasteiger partial charge >= 0.3 is 0 Å². The Morgan fingerprint density at radius 1 is 1.19 bits per heavy atom. The first-order valence-electron chi connectivity index (χ1n) is 9.17. The lowest BCUT2D eigenvalue weighted by Crippen LogP contribution is -2.42. The summed E-state index contributed by atoms with van der Waals surface area (Å²) in [6.07, 6.45) is 2.26. The molecule has 1 saturated heterocycles. The fourth-order valence-electron chi connectivity index (χ4n) is 3.26. The monoisotopic (exact) mass is 502 g/mol. The summed E-state index contributed by atoms with van der Waals surface area (Å²) < 4.78 is 13.8. The summed E-state index contributed by atoms with van der Waals surface area (Å²) >= 11 is 1.75. The predicted molar refractivity (Wildman–Crippen MR) is 122 cm³/mol. The number of halogens is 2. The fourth-order valence-corrected chi connectivity index (χ4v) is 3.91. The van der Waals surface area contributed by atoms with Crippen LogP contribution in [0.5, 0.6) is 0 Å². The molecule has 0 bridgehead atoms. The first-order chi connectivity index (χ1) is 12.7. The number of aliphatic imine (C=N–C) groups is 1. The maximum Gasteiger partial charge on any atom is 0.191 e. The van der Waals surface area contributed by atoms with Crippen molar-refractivity contribution in [1.82, 2.24) is 15.5 Å². The van der Waals surface area contributed by atoms with Crippen molar-refractivity contribution >= 4 is 41.3 Å². The molecule has 0 spiro atoms. The zero-order chi connectivity index (χ0) is 18.2. The van der Waals surface area contributed by atoms with E-state index < -0.39 is 0 Å². The summed E-state index contributed by atoms with van der Waals surface area (Å²) in [5, 5.41) is 8.88. The first-order valence-corrected chi connectivity index (χ1v) is 10.0. The van der Waals surface area contributed by atoms with E-state index >= 15 is 0 Å². The zero-order valence-electron chi connectivity index (χ0n) is 15.7. The highest BCUT2D eigenvalue weighted by atomic mass is 127. The lowest BCUT2D eigenvalue weighted by atomic mass is 9.96. The van der Waals surface area contributed by atoms with E-state index in [9.17, 15) is 4.39 Å². The second-order valence-electron chi connectivity index (χ2n) is 6.70. The Morgan fingerprint density at radius 2 is 1.96 bits per heavy atom. The average Bonchev–Trinajstić information content (AvgIpc) is 3.18. The topological polar surface area (TPSA) is 39.7 Å². The van der Waals surface area contributed by atoms with Crippen molar-refractivity contribution in [2.24, 2.45) is 10.9 Å². The van der Waals surface area contributed by atoms with Gasteiger partial charge in [0.15, 0.2) is 5.96 Å². The van der Waals surface area contributed by atoms with Crippen LogP contribution in [-0.2, 0) is 13.1 Å². The molecule has 0 atom stereocenters. The SMILES string of the molecule is CN=C(NCc1cccs1)NCC1CCN(Cc2ccccc2F)CC1.I. The molecule has 7 heteroatoms. The van der Waals surface area contributed by atoms with Crippen molar-refractivity contribution in [3.05, 3.63) is 58.0 Å². The van der Waals surface area contributed by atoms with E-state index in [0.29, 0.717) is 12.5 Å². The molecule has 1 aromatic heterocycles. The summed E-state index contributed by atoms with van der Waals surface area (Å²) in [5.74, 6) is 1.39. The third-order valence-corrected chi connectivity index (χ3v) is 5.73. The van der Waals surface area contributed by atoms with Gasteiger partial charge in [0.1, 0.15) is 5.82 Å². The van der Waals surface area contributed by atoms with E-state index in [-0.39, 0.29) is 29.8 Å². The van der Waals surface area contributed by atoms with E-state index in [2.05, 4.69) is 38.0 Å². The van der Waals surface area contributed by atoms with Gasteiger partial charge < -0.3 is 10.6 Å². The van der Waals surface area contributed by atoms with Crippen LogP contribution in [-0.4, -0.2) is 37.5 Å². The highest BCUT2D eigenvalue weighted by molar-refractivity contribution is 14.0. The molecule has 1 aliphatic rings. The minimum absolute atomic E-state index is 0. The molecule has 27 heavy (non-hydrogen) atoms. The Kier molecular flexibility index (Phi) is 9.50. The number of guanidine groups is 1. The maximum atomic E-state index is 13.8. The molecule has 0 amide bonds. The van der Waals surface area contributed by atoms with Gasteiger partial charge in [-0.05, 0) is 49.4 Å². The number of nitrogens with zero attached hydrogens (tertiary/aromatic N) is 2. The van der Waals surface area contributed by atoms with Crippen LogP contribution in [0.25, 0.3) is 0 Å². The quantitative estimate of drug-likeness (QED) is 0.355. The van der Waals surface area contributed by atoms with E-state index in [1.54, 1.807) is 30.5 Å². The lowest BCUT2D eigenvalue weighted by molar-refractivity contribution is 0.176. The number of thiophene rings is 1. The van der Waals surface area contributed by atoms with Crippen LogP contribution < -0.4 is 10.6 Å². The molecule has 148 valence electrons. The van der Waals surface area contributed by atoms with Crippen molar-refractivity contribution in [3.63, 3.8) is 0 Å². The van der Waals surface area contributed by atoms with Crippen molar-refractivity contribution < 1.29 is 4.39 Å². The van der Waals surface area contributed by atoms with Gasteiger partial charge in [-0.2, -0.15) is 0 Å². The summed E-state index contributed by atoms with van der Waals surface area (Å²) in [6.45, 7) is 4.47. The Bertz CT molecular complexity index is 700. The van der Waals surface area contributed by atoms with Crippen LogP contribution in [0.2, 0.25) is 0 Å². The Labute approximate surface area is 182 Å². The third kappa shape index (κ3) is 7.04. The van der Waals surface area contributed by atoms with Gasteiger partial charge in [0.05, 0.1) is 6.54 Å². The molecule has 0 aliphatic carbocycles. The normalized spacial score (nSPS) is 16.0. The first kappa shape index (κ1) is 22.1. The van der Waals surface area contributed by atoms with Crippen LogP contribution in [0, 0.1) is 11.7 Å². The maximum absolute atomic E-state index is 13.8. The minimum Gasteiger partial charge on any atom is -0.356 e. The largest absolute Gasteiger partial charge is 0.356 e. The molecule has 1 aromatic carbocycles. The zero-order valence-corrected chi connectivity index (χ0v) is 18.8. The summed E-state index contributed by atoms with van der Waals surface area (Å²) in [4.78, 5) is 7.95. The lowest BCUT2D eigenvalue weighted by Gasteiger charge is -2.32. The van der Waals surface area contributed by atoms with Gasteiger partial charge in [-0.3, -0.25) is 9.89 Å². The van der Waals surface area contributed by atoms with Gasteiger partial charge in [0.25, 0.3) is 0 Å². The van der Waals surface area contributed by atoms with Gasteiger partial charge in [-0.15, -0.1) is 35.3 Å². The molecule has 2 N–H and O–H groups in total. The Hall–Kier alpha value is -1.19. The number of likely N-dealkylation sites (tertiary alicyclic amines) is 1. The molecular formula is C20H28FIN4S. The summed E-state index contributed by atoms with van der Waals surface area (Å²) in [7, 11) is 1.81. The van der Waals surface area contributed by atoms with Gasteiger partial charge in [0.2, 0.25) is 0 Å². The van der Waals surface area contributed by atoms with Crippen LogP contribution in [0.3, 0.4) is 0 Å². The number of nitrogens with one attached hydrogen (secondary N) is 2. The second-order valence-corrected chi connectivity index (χ2v) is 7.73. The molecule has 0 radical (unpaired) electrons. The Morgan fingerprint density at radius 3 is 2.63 bits per heavy atom. The summed E-state index contributed by atoms with van der Waals surface area (Å²) in [6, 6.07) is 11.3. The molecule has 1 fully saturated rings. The van der Waals surface area contributed by atoms with Gasteiger partial charge in [0, 0.05) is 30.6 Å². The van der Waals surface area contributed by atoms with E-state index in [4.69, 9.17) is 0 Å². The molecule has 2 aromatic rings. The molecule has 0 unspecified atom stereocenters. The average molecular weight is 502 g/mol. The van der Waals surface area contributed by atoms with E-state index in [1.165, 1.54) is 4.88 Å². The molecule has 2 heterocycles. The number of benzene rings is 1. The van der Waals surface area contributed by atoms with Crippen molar-refractivity contribution in [1.29, 1.82) is 0 Å². The van der Waals surface area contributed by atoms with Crippen molar-refractivity contribution in [3.8, 4) is 0 Å². The fraction of sp³-hybridized carbons (Fsp3) is 0.450. The van der Waals surface area contributed by atoms with Crippen molar-refractivity contribution in [2.45, 2.75) is 25.9 Å². The highest BCUT2D eigenvalue weighted by Crippen LogP contribution is 2.19. The minimum atomic E-state index is -0.100. The highest BCUT2D eigenvalue weighted by Gasteiger charge is 2.20. The summed E-state index contributed by atoms with van der Waals surface area (Å²) in [5.41, 5.74) is 0.794. The van der Waals surface area contributed by atoms with Gasteiger partial charge in [-0.25, -0.2) is 4.39 Å². The Balaban J connectivity index is 0.00000261. The standard InChI is InChI=1S/C20H27FN4S.HI/c1-22-20(24-14-18-6-4-12-26-18)23-13-16-8-10-25(11-9-16)15-17-5-2-3-7-19(17)21;/h2-7,12,16H,8-11,13-15H2,1H3,(H2,22,23,24);1H. The van der Waals surface area contributed by atoms with Crippen LogP contribution in [0.1, 0.15) is 23.3 Å². The molecule has 4 nitrogen and oxygen atoms in total. The molecule has 0 saturated carbocycles. The second kappa shape index (κ2) is 11.6. The number of hydrogen-bond donors (Lipinski definition) is 2. The number of hydrogen-bond acceptors (Lipinski definition) is 3. The predicted octanol–water partition coefficient (Wildman–Crippen LogP) is 4.08.